The van der Waals surface area contributed by atoms with Crippen LogP contribution in [0.5, 0.6) is 0 Å². The van der Waals surface area contributed by atoms with E-state index >= 15 is 0 Å². The maximum absolute atomic E-state index is 11.5. The summed E-state index contributed by atoms with van der Waals surface area (Å²) in [6.45, 7) is 6.19. The van der Waals surface area contributed by atoms with Gasteiger partial charge in [-0.3, -0.25) is 0 Å². The monoisotopic (exact) mass is 423 g/mol. The van der Waals surface area contributed by atoms with Gasteiger partial charge in [-0.05, 0) is 6.08 Å². The molecule has 0 aliphatic rings. The molecule has 0 radical (unpaired) electrons. The Labute approximate surface area is 173 Å². The van der Waals surface area contributed by atoms with Crippen LogP contribution in [0.1, 0.15) is 37.4 Å². The average Bonchev–Trinajstić information content (AvgIpc) is 3.35. The number of aromatic nitrogens is 2. The van der Waals surface area contributed by atoms with E-state index in [4.69, 9.17) is 9.47 Å². The van der Waals surface area contributed by atoms with Gasteiger partial charge in [0, 0.05) is 29.7 Å². The lowest BCUT2D eigenvalue weighted by molar-refractivity contribution is -0.135. The van der Waals surface area contributed by atoms with Crippen LogP contribution in [0.3, 0.4) is 0 Å². The molecule has 2 atom stereocenters. The predicted molar refractivity (Wildman–Crippen MR) is 113 cm³/mol. The highest BCUT2D eigenvalue weighted by Gasteiger charge is 2.20. The fourth-order valence-corrected chi connectivity index (χ4v) is 4.13. The standard InChI is InChI=1S/C20H26N2O4S2/c1-12(2)19-22-15(11-28-19)20-21-14(10-27-20)7-8-16(24-4)13(3)17(25-5)9-18(23)26-6/h7-13,16H,1-6H3/b8-7+,17-9+/i17+1. The number of hydrogen-bond acceptors (Lipinski definition) is 8. The summed E-state index contributed by atoms with van der Waals surface area (Å²) in [5.41, 5.74) is 1.75. The molecule has 2 aromatic rings. The van der Waals surface area contributed by atoms with Gasteiger partial charge < -0.3 is 14.2 Å². The second kappa shape index (κ2) is 10.5. The van der Waals surface area contributed by atoms with Crippen LogP contribution in [0.25, 0.3) is 16.8 Å². The number of esters is 1. The first kappa shape index (κ1) is 22.3. The highest BCUT2D eigenvalue weighted by Crippen LogP contribution is 2.29. The third kappa shape index (κ3) is 5.73. The van der Waals surface area contributed by atoms with Crippen molar-refractivity contribution in [1.29, 1.82) is 0 Å². The van der Waals surface area contributed by atoms with Crippen LogP contribution in [-0.2, 0) is 19.0 Å². The second-order valence-corrected chi connectivity index (χ2v) is 8.17. The summed E-state index contributed by atoms with van der Waals surface area (Å²) >= 11 is 3.22. The third-order valence-corrected chi connectivity index (χ3v) is 6.15. The maximum atomic E-state index is 11.5. The quantitative estimate of drug-likeness (QED) is 0.251. The topological polar surface area (TPSA) is 70.5 Å². The van der Waals surface area contributed by atoms with Gasteiger partial charge in [-0.15, -0.1) is 22.7 Å². The van der Waals surface area contributed by atoms with E-state index in [0.717, 1.165) is 21.4 Å². The third-order valence-electron chi connectivity index (χ3n) is 4.12. The van der Waals surface area contributed by atoms with Gasteiger partial charge in [-0.25, -0.2) is 14.8 Å². The van der Waals surface area contributed by atoms with Crippen molar-refractivity contribution in [2.45, 2.75) is 32.8 Å². The highest BCUT2D eigenvalue weighted by molar-refractivity contribution is 7.14. The first-order valence-electron chi connectivity index (χ1n) is 8.85. The summed E-state index contributed by atoms with van der Waals surface area (Å²) in [4.78, 5) is 20.8. The molecule has 0 amide bonds. The van der Waals surface area contributed by atoms with Crippen molar-refractivity contribution in [3.63, 3.8) is 0 Å². The summed E-state index contributed by atoms with van der Waals surface area (Å²) < 4.78 is 15.6. The summed E-state index contributed by atoms with van der Waals surface area (Å²) in [5, 5.41) is 6.04. The predicted octanol–water partition coefficient (Wildman–Crippen LogP) is 4.76. The van der Waals surface area contributed by atoms with Crippen LogP contribution in [0.4, 0.5) is 0 Å². The molecule has 6 nitrogen and oxygen atoms in total. The molecule has 0 aliphatic carbocycles. The second-order valence-electron chi connectivity index (χ2n) is 6.43. The van der Waals surface area contributed by atoms with Gasteiger partial charge in [0.05, 0.1) is 37.1 Å². The van der Waals surface area contributed by atoms with Gasteiger partial charge in [0.2, 0.25) is 0 Å². The summed E-state index contributed by atoms with van der Waals surface area (Å²) in [6, 6.07) is 0. The summed E-state index contributed by atoms with van der Waals surface area (Å²) in [5.74, 6) is 0.271. The minimum atomic E-state index is -0.462. The van der Waals surface area contributed by atoms with Crippen LogP contribution in [0, 0.1) is 5.92 Å². The van der Waals surface area contributed by atoms with Crippen LogP contribution < -0.4 is 0 Å². The Hall–Kier alpha value is -2.03. The van der Waals surface area contributed by atoms with E-state index in [1.165, 1.54) is 20.3 Å². The van der Waals surface area contributed by atoms with Crippen LogP contribution in [0.2, 0.25) is 0 Å². The minimum absolute atomic E-state index is 0.171. The fraction of sp³-hybridized carbons (Fsp3) is 0.450. The Morgan fingerprint density at radius 2 is 1.82 bits per heavy atom. The maximum Gasteiger partial charge on any atom is 0.333 e. The van der Waals surface area contributed by atoms with Crippen molar-refractivity contribution in [3.05, 3.63) is 39.4 Å². The molecule has 28 heavy (non-hydrogen) atoms. The molecule has 0 saturated carbocycles. The molecule has 0 fully saturated rings. The van der Waals surface area contributed by atoms with Crippen LogP contribution in [-0.4, -0.2) is 43.4 Å². The largest absolute Gasteiger partial charge is 0.500 e. The first-order chi connectivity index (χ1) is 13.4. The normalized spacial score (nSPS) is 14.5. The lowest BCUT2D eigenvalue weighted by Gasteiger charge is -2.21. The lowest BCUT2D eigenvalue weighted by Crippen LogP contribution is -2.21. The fourth-order valence-electron chi connectivity index (χ4n) is 2.49. The lowest BCUT2D eigenvalue weighted by atomic mass is 10.1. The highest BCUT2D eigenvalue weighted by atomic mass is 32.1. The summed E-state index contributed by atoms with van der Waals surface area (Å²) in [6.07, 6.45) is 4.87. The molecule has 2 unspecified atom stereocenters. The Balaban J connectivity index is 2.13. The molecule has 2 rings (SSSR count). The average molecular weight is 424 g/mol. The van der Waals surface area contributed by atoms with Crippen molar-refractivity contribution in [2.75, 3.05) is 21.3 Å². The molecule has 2 aromatic heterocycles. The van der Waals surface area contributed by atoms with Gasteiger partial charge in [-0.2, -0.15) is 0 Å². The Kier molecular flexibility index (Phi) is 8.35. The van der Waals surface area contributed by atoms with Gasteiger partial charge in [-0.1, -0.05) is 26.8 Å². The molecule has 0 aromatic carbocycles. The van der Waals surface area contributed by atoms with E-state index in [9.17, 15) is 4.79 Å². The SMILES string of the molecule is COC(=O)/C=[13C](/OC)C(C)C(/C=C/c1csc(-c2csc(C(C)C)n2)n1)OC. The zero-order valence-electron chi connectivity index (χ0n) is 17.0. The molecule has 0 aliphatic heterocycles. The first-order valence-corrected chi connectivity index (χ1v) is 10.6. The molecule has 0 N–H and O–H groups in total. The van der Waals surface area contributed by atoms with E-state index in [-0.39, 0.29) is 12.0 Å². The zero-order chi connectivity index (χ0) is 20.7. The van der Waals surface area contributed by atoms with E-state index in [1.54, 1.807) is 29.8 Å². The van der Waals surface area contributed by atoms with E-state index in [1.807, 2.05) is 29.8 Å². The van der Waals surface area contributed by atoms with Gasteiger partial charge >= 0.3 is 5.97 Å². The summed E-state index contributed by atoms with van der Waals surface area (Å²) in [7, 11) is 4.47. The van der Waals surface area contributed by atoms with Crippen LogP contribution >= 0.6 is 22.7 Å². The zero-order valence-corrected chi connectivity index (χ0v) is 18.6. The number of methoxy groups -OCH3 is 3. The van der Waals surface area contributed by atoms with Crippen molar-refractivity contribution in [2.24, 2.45) is 5.92 Å². The smallest absolute Gasteiger partial charge is 0.333 e. The minimum Gasteiger partial charge on any atom is -0.500 e. The van der Waals surface area contributed by atoms with E-state index in [0.29, 0.717) is 11.7 Å². The van der Waals surface area contributed by atoms with Crippen molar-refractivity contribution in [3.8, 4) is 10.7 Å². The van der Waals surface area contributed by atoms with E-state index in [2.05, 4.69) is 28.6 Å². The van der Waals surface area contributed by atoms with Crippen molar-refractivity contribution < 1.29 is 19.0 Å². The molecule has 0 bridgehead atoms. The van der Waals surface area contributed by atoms with Crippen molar-refractivity contribution in [1.82, 2.24) is 9.97 Å². The Morgan fingerprint density at radius 3 is 2.39 bits per heavy atom. The van der Waals surface area contributed by atoms with Crippen molar-refractivity contribution >= 4 is 34.7 Å². The molecule has 2 heterocycles. The Morgan fingerprint density at radius 1 is 1.07 bits per heavy atom. The molecule has 0 spiro atoms. The van der Waals surface area contributed by atoms with Crippen LogP contribution in [0.15, 0.2) is 28.7 Å². The number of carbonyl (C=O) groups excluding carboxylic acids is 1. The molecule has 8 heteroatoms. The number of carbonyl (C=O) groups is 1. The molecule has 0 saturated heterocycles. The number of nitrogens with zero attached hydrogens (tertiary/aromatic N) is 2. The molecular formula is C20H26N2O4S2. The Bertz CT molecular complexity index is 839. The number of rotatable bonds is 9. The number of hydrogen-bond donors (Lipinski definition) is 0. The molecular weight excluding hydrogens is 397 g/mol. The number of thiazole rings is 2. The van der Waals surface area contributed by atoms with Gasteiger partial charge in [0.25, 0.3) is 0 Å². The van der Waals surface area contributed by atoms with E-state index < -0.39 is 5.97 Å². The number of ether oxygens (including phenoxy) is 3. The van der Waals surface area contributed by atoms with Gasteiger partial charge in [0.1, 0.15) is 16.5 Å². The van der Waals surface area contributed by atoms with Gasteiger partial charge in [0.15, 0.2) is 0 Å². The molecule has 152 valence electrons.